The fourth-order valence-electron chi connectivity index (χ4n) is 2.23. The summed E-state index contributed by atoms with van der Waals surface area (Å²) in [5.74, 6) is 2.59. The highest BCUT2D eigenvalue weighted by Gasteiger charge is 2.28. The van der Waals surface area contributed by atoms with Crippen LogP contribution < -0.4 is 5.32 Å². The Morgan fingerprint density at radius 3 is 2.76 bits per heavy atom. The summed E-state index contributed by atoms with van der Waals surface area (Å²) in [5.41, 5.74) is 0. The minimum absolute atomic E-state index is 0.386. The second kappa shape index (κ2) is 4.74. The van der Waals surface area contributed by atoms with E-state index in [1.807, 2.05) is 11.7 Å². The number of nitrogens with zero attached hydrogens (tertiary/aromatic N) is 3. The summed E-state index contributed by atoms with van der Waals surface area (Å²) in [6, 6.07) is 0. The van der Waals surface area contributed by atoms with Crippen LogP contribution in [0, 0.1) is 0 Å². The highest BCUT2D eigenvalue weighted by atomic mass is 16.5. The number of piperidine rings is 1. The molecule has 94 valence electrons. The van der Waals surface area contributed by atoms with Gasteiger partial charge in [-0.25, -0.2) is 4.98 Å². The van der Waals surface area contributed by atoms with Crippen LogP contribution in [0.1, 0.15) is 43.3 Å². The van der Waals surface area contributed by atoms with Crippen molar-refractivity contribution in [2.45, 2.75) is 44.3 Å². The minimum Gasteiger partial charge on any atom is -0.370 e. The van der Waals surface area contributed by atoms with Gasteiger partial charge >= 0.3 is 0 Å². The molecule has 5 heteroatoms. The monoisotopic (exact) mass is 236 g/mol. The normalized spacial score (nSPS) is 21.9. The van der Waals surface area contributed by atoms with Crippen LogP contribution >= 0.6 is 0 Å². The van der Waals surface area contributed by atoms with Gasteiger partial charge in [0.1, 0.15) is 6.61 Å². The van der Waals surface area contributed by atoms with Crippen molar-refractivity contribution in [1.82, 2.24) is 20.1 Å². The zero-order valence-corrected chi connectivity index (χ0v) is 10.4. The molecule has 2 fully saturated rings. The molecule has 2 heterocycles. The fraction of sp³-hybridized carbons (Fsp3) is 0.833. The van der Waals surface area contributed by atoms with Crippen LogP contribution in [0.4, 0.5) is 0 Å². The molecule has 0 aromatic carbocycles. The molecular weight excluding hydrogens is 216 g/mol. The zero-order valence-electron chi connectivity index (χ0n) is 10.4. The van der Waals surface area contributed by atoms with E-state index in [2.05, 4.69) is 15.4 Å². The molecule has 17 heavy (non-hydrogen) atoms. The summed E-state index contributed by atoms with van der Waals surface area (Å²) >= 11 is 0. The maximum absolute atomic E-state index is 5.90. The average molecular weight is 236 g/mol. The molecule has 2 aliphatic rings. The smallest absolute Gasteiger partial charge is 0.154 e. The fourth-order valence-corrected chi connectivity index (χ4v) is 2.23. The number of aromatic nitrogens is 3. The Hall–Kier alpha value is -0.940. The Morgan fingerprint density at radius 2 is 2.06 bits per heavy atom. The molecule has 1 aromatic heterocycles. The van der Waals surface area contributed by atoms with E-state index >= 15 is 0 Å². The summed E-state index contributed by atoms with van der Waals surface area (Å²) in [7, 11) is 1.96. The van der Waals surface area contributed by atoms with Gasteiger partial charge < -0.3 is 10.1 Å². The lowest BCUT2D eigenvalue weighted by Crippen LogP contribution is -2.32. The van der Waals surface area contributed by atoms with Gasteiger partial charge in [-0.1, -0.05) is 0 Å². The first kappa shape index (κ1) is 11.2. The Bertz CT molecular complexity index is 380. The molecule has 1 aliphatic heterocycles. The van der Waals surface area contributed by atoms with Crippen molar-refractivity contribution in [3.8, 4) is 0 Å². The van der Waals surface area contributed by atoms with Gasteiger partial charge in [-0.2, -0.15) is 5.10 Å². The summed E-state index contributed by atoms with van der Waals surface area (Å²) < 4.78 is 7.77. The van der Waals surface area contributed by atoms with Gasteiger partial charge in [0.05, 0.1) is 6.10 Å². The first-order chi connectivity index (χ1) is 8.33. The predicted molar refractivity (Wildman–Crippen MR) is 63.7 cm³/mol. The van der Waals surface area contributed by atoms with Gasteiger partial charge in [-0.15, -0.1) is 0 Å². The van der Waals surface area contributed by atoms with Crippen molar-refractivity contribution in [3.05, 3.63) is 11.6 Å². The molecule has 3 rings (SSSR count). The van der Waals surface area contributed by atoms with Crippen molar-refractivity contribution < 1.29 is 4.74 Å². The molecule has 0 spiro atoms. The SMILES string of the molecule is Cn1nc(C2CC2)nc1COC1CCNCC1. The van der Waals surface area contributed by atoms with E-state index in [9.17, 15) is 0 Å². The van der Waals surface area contributed by atoms with Crippen LogP contribution in [0.2, 0.25) is 0 Å². The number of rotatable bonds is 4. The van der Waals surface area contributed by atoms with Crippen LogP contribution in [0.15, 0.2) is 0 Å². The second-order valence-corrected chi connectivity index (χ2v) is 5.04. The van der Waals surface area contributed by atoms with E-state index < -0.39 is 0 Å². The summed E-state index contributed by atoms with van der Waals surface area (Å²) in [4.78, 5) is 4.57. The topological polar surface area (TPSA) is 52.0 Å². The van der Waals surface area contributed by atoms with Gasteiger partial charge in [0.2, 0.25) is 0 Å². The highest BCUT2D eigenvalue weighted by molar-refractivity contribution is 5.05. The first-order valence-corrected chi connectivity index (χ1v) is 6.55. The molecule has 1 N–H and O–H groups in total. The second-order valence-electron chi connectivity index (χ2n) is 5.04. The van der Waals surface area contributed by atoms with Gasteiger partial charge in [-0.3, -0.25) is 4.68 Å². The summed E-state index contributed by atoms with van der Waals surface area (Å²) in [6.07, 6.45) is 5.09. The average Bonchev–Trinajstić information content (AvgIpc) is 3.13. The number of ether oxygens (including phenoxy) is 1. The molecule has 0 unspecified atom stereocenters. The van der Waals surface area contributed by atoms with Crippen molar-refractivity contribution in [3.63, 3.8) is 0 Å². The number of nitrogens with one attached hydrogen (secondary N) is 1. The Balaban J connectivity index is 1.56. The maximum atomic E-state index is 5.90. The molecule has 5 nitrogen and oxygen atoms in total. The number of hydrogen-bond acceptors (Lipinski definition) is 4. The van der Waals surface area contributed by atoms with Crippen molar-refractivity contribution in [1.29, 1.82) is 0 Å². The van der Waals surface area contributed by atoms with E-state index in [4.69, 9.17) is 4.74 Å². The Morgan fingerprint density at radius 1 is 1.29 bits per heavy atom. The van der Waals surface area contributed by atoms with Crippen LogP contribution in [0.5, 0.6) is 0 Å². The van der Waals surface area contributed by atoms with E-state index in [1.165, 1.54) is 12.8 Å². The lowest BCUT2D eigenvalue weighted by Gasteiger charge is -2.22. The minimum atomic E-state index is 0.386. The van der Waals surface area contributed by atoms with Gasteiger partial charge in [0.25, 0.3) is 0 Å². The number of aryl methyl sites for hydroxylation is 1. The maximum Gasteiger partial charge on any atom is 0.154 e. The first-order valence-electron chi connectivity index (χ1n) is 6.55. The molecule has 0 atom stereocenters. The molecule has 0 bridgehead atoms. The highest BCUT2D eigenvalue weighted by Crippen LogP contribution is 2.38. The largest absolute Gasteiger partial charge is 0.370 e. The van der Waals surface area contributed by atoms with Crippen molar-refractivity contribution in [2.24, 2.45) is 7.05 Å². The van der Waals surface area contributed by atoms with Crippen LogP contribution in [0.3, 0.4) is 0 Å². The molecule has 0 radical (unpaired) electrons. The van der Waals surface area contributed by atoms with Crippen LogP contribution in [0.25, 0.3) is 0 Å². The van der Waals surface area contributed by atoms with E-state index in [-0.39, 0.29) is 0 Å². The zero-order chi connectivity index (χ0) is 11.7. The molecule has 1 saturated heterocycles. The van der Waals surface area contributed by atoms with Gasteiger partial charge in [0, 0.05) is 13.0 Å². The van der Waals surface area contributed by atoms with E-state index in [0.29, 0.717) is 18.6 Å². The lowest BCUT2D eigenvalue weighted by molar-refractivity contribution is 0.0164. The quantitative estimate of drug-likeness (QED) is 0.846. The summed E-state index contributed by atoms with van der Waals surface area (Å²) in [6.45, 7) is 2.73. The van der Waals surface area contributed by atoms with E-state index in [1.54, 1.807) is 0 Å². The lowest BCUT2D eigenvalue weighted by atomic mass is 10.1. The molecular formula is C12H20N4O. The number of hydrogen-bond donors (Lipinski definition) is 1. The molecule has 1 aliphatic carbocycles. The van der Waals surface area contributed by atoms with Crippen LogP contribution in [-0.4, -0.2) is 34.0 Å². The van der Waals surface area contributed by atoms with Crippen LogP contribution in [-0.2, 0) is 18.4 Å². The summed E-state index contributed by atoms with van der Waals surface area (Å²) in [5, 5.41) is 7.79. The molecule has 1 saturated carbocycles. The van der Waals surface area contributed by atoms with Crippen molar-refractivity contribution in [2.75, 3.05) is 13.1 Å². The Kier molecular flexibility index (Phi) is 3.11. The van der Waals surface area contributed by atoms with Gasteiger partial charge in [-0.05, 0) is 38.8 Å². The predicted octanol–water partition coefficient (Wildman–Crippen LogP) is 0.961. The third kappa shape index (κ3) is 2.66. The third-order valence-electron chi connectivity index (χ3n) is 3.55. The van der Waals surface area contributed by atoms with Crippen molar-refractivity contribution >= 4 is 0 Å². The Labute approximate surface area is 102 Å². The standard InChI is InChI=1S/C12H20N4O/c1-16-11(14-12(15-16)9-2-3-9)8-17-10-4-6-13-7-5-10/h9-10,13H,2-8H2,1H3. The third-order valence-corrected chi connectivity index (χ3v) is 3.55. The molecule has 1 aromatic rings. The van der Waals surface area contributed by atoms with E-state index in [0.717, 1.165) is 37.6 Å². The molecule has 0 amide bonds. The van der Waals surface area contributed by atoms with Gasteiger partial charge in [0.15, 0.2) is 11.6 Å².